The standard InChI is InChI=1S/C15H11ClN4O4/c16-11-4-2-5-12(8-11)18-14(21)15(22)19-17-9-10-3-1-6-13(7-10)20(23)24/h1-9H,(H,18,21)(H,19,22). The summed E-state index contributed by atoms with van der Waals surface area (Å²) in [4.78, 5) is 33.4. The number of benzene rings is 2. The van der Waals surface area contributed by atoms with Gasteiger partial charge in [-0.25, -0.2) is 5.43 Å². The van der Waals surface area contributed by atoms with Crippen LogP contribution in [0.1, 0.15) is 5.56 Å². The topological polar surface area (TPSA) is 114 Å². The Balaban J connectivity index is 1.93. The zero-order valence-corrected chi connectivity index (χ0v) is 12.9. The fourth-order valence-electron chi connectivity index (χ4n) is 1.69. The Morgan fingerprint density at radius 3 is 2.58 bits per heavy atom. The number of rotatable bonds is 4. The average molecular weight is 347 g/mol. The molecule has 9 heteroatoms. The van der Waals surface area contributed by atoms with Gasteiger partial charge in [0.05, 0.1) is 11.1 Å². The lowest BCUT2D eigenvalue weighted by Crippen LogP contribution is -2.32. The average Bonchev–Trinajstić information content (AvgIpc) is 2.55. The fourth-order valence-corrected chi connectivity index (χ4v) is 1.88. The van der Waals surface area contributed by atoms with E-state index in [1.54, 1.807) is 24.3 Å². The second kappa shape index (κ2) is 7.84. The molecule has 0 aliphatic carbocycles. The van der Waals surface area contributed by atoms with Crippen LogP contribution in [0.4, 0.5) is 11.4 Å². The highest BCUT2D eigenvalue weighted by atomic mass is 35.5. The second-order valence-corrected chi connectivity index (χ2v) is 4.95. The lowest BCUT2D eigenvalue weighted by Gasteiger charge is -2.03. The summed E-state index contributed by atoms with van der Waals surface area (Å²) in [5.74, 6) is -1.91. The highest BCUT2D eigenvalue weighted by molar-refractivity contribution is 6.39. The first kappa shape index (κ1) is 17.1. The van der Waals surface area contributed by atoms with Crippen molar-refractivity contribution in [2.75, 3.05) is 5.32 Å². The molecule has 2 amide bonds. The maximum Gasteiger partial charge on any atom is 0.329 e. The van der Waals surface area contributed by atoms with E-state index in [0.717, 1.165) is 0 Å². The smallest absolute Gasteiger partial charge is 0.318 e. The van der Waals surface area contributed by atoms with E-state index < -0.39 is 16.7 Å². The molecule has 0 atom stereocenters. The van der Waals surface area contributed by atoms with Crippen molar-refractivity contribution in [3.05, 3.63) is 69.2 Å². The monoisotopic (exact) mass is 346 g/mol. The van der Waals surface area contributed by atoms with Crippen LogP contribution in [-0.4, -0.2) is 23.0 Å². The highest BCUT2D eigenvalue weighted by Crippen LogP contribution is 2.14. The Bertz CT molecular complexity index is 823. The maximum atomic E-state index is 11.7. The van der Waals surface area contributed by atoms with Gasteiger partial charge in [-0.2, -0.15) is 5.10 Å². The zero-order chi connectivity index (χ0) is 17.5. The number of hydrazone groups is 1. The van der Waals surface area contributed by atoms with Crippen molar-refractivity contribution in [3.8, 4) is 0 Å². The molecule has 0 saturated heterocycles. The van der Waals surface area contributed by atoms with E-state index >= 15 is 0 Å². The Morgan fingerprint density at radius 2 is 1.88 bits per heavy atom. The SMILES string of the molecule is O=C(NN=Cc1cccc([N+](=O)[O-])c1)C(=O)Nc1cccc(Cl)c1. The van der Waals surface area contributed by atoms with Crippen molar-refractivity contribution in [2.24, 2.45) is 5.10 Å². The molecule has 0 heterocycles. The van der Waals surface area contributed by atoms with Crippen molar-refractivity contribution < 1.29 is 14.5 Å². The Hall–Kier alpha value is -3.26. The molecular formula is C15H11ClN4O4. The quantitative estimate of drug-likeness (QED) is 0.382. The van der Waals surface area contributed by atoms with Gasteiger partial charge in [-0.05, 0) is 18.2 Å². The molecule has 8 nitrogen and oxygen atoms in total. The van der Waals surface area contributed by atoms with Crippen LogP contribution < -0.4 is 10.7 Å². The lowest BCUT2D eigenvalue weighted by atomic mass is 10.2. The molecule has 0 bridgehead atoms. The summed E-state index contributed by atoms with van der Waals surface area (Å²) in [6.45, 7) is 0. The van der Waals surface area contributed by atoms with E-state index in [9.17, 15) is 19.7 Å². The van der Waals surface area contributed by atoms with Crippen molar-refractivity contribution in [1.29, 1.82) is 0 Å². The molecule has 0 fully saturated rings. The van der Waals surface area contributed by atoms with Crippen LogP contribution in [0.3, 0.4) is 0 Å². The van der Waals surface area contributed by atoms with E-state index in [4.69, 9.17) is 11.6 Å². The molecule has 0 aliphatic heterocycles. The largest absolute Gasteiger partial charge is 0.329 e. The first-order valence-corrected chi connectivity index (χ1v) is 6.98. The van der Waals surface area contributed by atoms with Gasteiger partial charge >= 0.3 is 11.8 Å². The first-order valence-electron chi connectivity index (χ1n) is 6.60. The molecule has 2 rings (SSSR count). The van der Waals surface area contributed by atoms with Crippen molar-refractivity contribution in [1.82, 2.24) is 5.43 Å². The van der Waals surface area contributed by atoms with Crippen molar-refractivity contribution in [3.63, 3.8) is 0 Å². The molecule has 0 radical (unpaired) electrons. The van der Waals surface area contributed by atoms with E-state index in [1.165, 1.54) is 30.5 Å². The van der Waals surface area contributed by atoms with Gasteiger partial charge in [0.25, 0.3) is 5.69 Å². The number of nitro groups is 1. The number of anilines is 1. The number of non-ortho nitro benzene ring substituents is 1. The van der Waals surface area contributed by atoms with Crippen LogP contribution in [0.15, 0.2) is 53.6 Å². The summed E-state index contributed by atoms with van der Waals surface area (Å²) in [5.41, 5.74) is 2.69. The predicted molar refractivity (Wildman–Crippen MR) is 88.9 cm³/mol. The molecule has 0 unspecified atom stereocenters. The summed E-state index contributed by atoms with van der Waals surface area (Å²) < 4.78 is 0. The van der Waals surface area contributed by atoms with Gasteiger partial charge in [0.15, 0.2) is 0 Å². The molecule has 0 aromatic heterocycles. The van der Waals surface area contributed by atoms with Gasteiger partial charge in [0, 0.05) is 28.4 Å². The molecule has 122 valence electrons. The third-order valence-corrected chi connectivity index (χ3v) is 2.98. The number of carbonyl (C=O) groups excluding carboxylic acids is 2. The van der Waals surface area contributed by atoms with Crippen LogP contribution in [0.25, 0.3) is 0 Å². The number of nitro benzene ring substituents is 1. The number of hydrogen-bond donors (Lipinski definition) is 2. The number of nitrogens with zero attached hydrogens (tertiary/aromatic N) is 2. The normalized spacial score (nSPS) is 10.4. The van der Waals surface area contributed by atoms with Crippen LogP contribution in [0.5, 0.6) is 0 Å². The van der Waals surface area contributed by atoms with E-state index in [0.29, 0.717) is 16.3 Å². The number of nitrogens with one attached hydrogen (secondary N) is 2. The number of halogens is 1. The molecule has 24 heavy (non-hydrogen) atoms. The third kappa shape index (κ3) is 4.89. The van der Waals surface area contributed by atoms with Gasteiger partial charge in [-0.3, -0.25) is 19.7 Å². The van der Waals surface area contributed by atoms with Crippen LogP contribution in [-0.2, 0) is 9.59 Å². The molecule has 2 aromatic rings. The Labute approximate surface area is 141 Å². The number of amides is 2. The lowest BCUT2D eigenvalue weighted by molar-refractivity contribution is -0.384. The minimum Gasteiger partial charge on any atom is -0.318 e. The van der Waals surface area contributed by atoms with Crippen molar-refractivity contribution in [2.45, 2.75) is 0 Å². The minimum absolute atomic E-state index is 0.107. The van der Waals surface area contributed by atoms with Gasteiger partial charge in [0.2, 0.25) is 0 Å². The zero-order valence-electron chi connectivity index (χ0n) is 12.1. The van der Waals surface area contributed by atoms with E-state index in [-0.39, 0.29) is 5.69 Å². The Kier molecular flexibility index (Phi) is 5.58. The fraction of sp³-hybridized carbons (Fsp3) is 0. The number of hydrogen-bond acceptors (Lipinski definition) is 5. The van der Waals surface area contributed by atoms with Gasteiger partial charge in [-0.15, -0.1) is 0 Å². The molecule has 2 aromatic carbocycles. The van der Waals surface area contributed by atoms with E-state index in [1.807, 2.05) is 5.43 Å². The highest BCUT2D eigenvalue weighted by Gasteiger charge is 2.13. The van der Waals surface area contributed by atoms with Crippen LogP contribution in [0.2, 0.25) is 5.02 Å². The first-order chi connectivity index (χ1) is 11.5. The molecule has 0 aliphatic rings. The summed E-state index contributed by atoms with van der Waals surface area (Å²) in [5, 5.41) is 17.0. The molecule has 0 saturated carbocycles. The molecular weight excluding hydrogens is 336 g/mol. The van der Waals surface area contributed by atoms with Gasteiger partial charge in [0.1, 0.15) is 0 Å². The summed E-state index contributed by atoms with van der Waals surface area (Å²) in [7, 11) is 0. The second-order valence-electron chi connectivity index (χ2n) is 4.52. The molecule has 0 spiro atoms. The summed E-state index contributed by atoms with van der Waals surface area (Å²) >= 11 is 5.77. The van der Waals surface area contributed by atoms with Gasteiger partial charge < -0.3 is 5.32 Å². The van der Waals surface area contributed by atoms with E-state index in [2.05, 4.69) is 10.4 Å². The number of carbonyl (C=O) groups is 2. The van der Waals surface area contributed by atoms with Crippen LogP contribution in [0, 0.1) is 10.1 Å². The molecule has 2 N–H and O–H groups in total. The summed E-state index contributed by atoms with van der Waals surface area (Å²) in [6, 6.07) is 12.0. The maximum absolute atomic E-state index is 11.7. The Morgan fingerprint density at radius 1 is 1.12 bits per heavy atom. The predicted octanol–water partition coefficient (Wildman–Crippen LogP) is 2.34. The minimum atomic E-state index is -0.989. The van der Waals surface area contributed by atoms with Gasteiger partial charge in [-0.1, -0.05) is 29.8 Å². The van der Waals surface area contributed by atoms with Crippen LogP contribution >= 0.6 is 11.6 Å². The summed E-state index contributed by atoms with van der Waals surface area (Å²) in [6.07, 6.45) is 1.19. The van der Waals surface area contributed by atoms with Crippen molar-refractivity contribution >= 4 is 41.0 Å². The third-order valence-electron chi connectivity index (χ3n) is 2.75.